The number of hydrogen-bond donors (Lipinski definition) is 1. The molecular weight excluding hydrogens is 236 g/mol. The number of rotatable bonds is 2. The predicted octanol–water partition coefficient (Wildman–Crippen LogP) is 2.32. The Hall–Kier alpha value is -1.06. The van der Waals surface area contributed by atoms with Gasteiger partial charge in [-0.3, -0.25) is 10.1 Å². The summed E-state index contributed by atoms with van der Waals surface area (Å²) in [6, 6.07) is 8.16. The Morgan fingerprint density at radius 2 is 2.18 bits per heavy atom. The minimum atomic E-state index is 0.00602. The molecule has 90 valence electrons. The highest BCUT2D eigenvalue weighted by molar-refractivity contribution is 6.30. The van der Waals surface area contributed by atoms with Crippen LogP contribution in [0.1, 0.15) is 31.0 Å². The number of carbonyl (C=O) groups excluding carboxylic acids is 1. The third-order valence-electron chi connectivity index (χ3n) is 3.65. The molecule has 0 spiro atoms. The van der Waals surface area contributed by atoms with Gasteiger partial charge in [-0.05, 0) is 37.0 Å². The third-order valence-corrected chi connectivity index (χ3v) is 3.88. The van der Waals surface area contributed by atoms with Crippen molar-refractivity contribution in [1.29, 1.82) is 0 Å². The lowest BCUT2D eigenvalue weighted by atomic mass is 9.91. The molecule has 1 amide bonds. The normalized spacial score (nSPS) is 25.1. The molecule has 4 heteroatoms. The van der Waals surface area contributed by atoms with Crippen molar-refractivity contribution in [2.24, 2.45) is 0 Å². The van der Waals surface area contributed by atoms with Crippen LogP contribution >= 0.6 is 11.6 Å². The minimum Gasteiger partial charge on any atom is -0.319 e. The van der Waals surface area contributed by atoms with E-state index in [-0.39, 0.29) is 12.1 Å². The summed E-state index contributed by atoms with van der Waals surface area (Å²) < 4.78 is 0. The van der Waals surface area contributed by atoms with Crippen LogP contribution in [0.15, 0.2) is 24.3 Å². The van der Waals surface area contributed by atoms with Crippen molar-refractivity contribution in [3.8, 4) is 0 Å². The van der Waals surface area contributed by atoms with E-state index < -0.39 is 0 Å². The molecule has 1 aromatic carbocycles. The Morgan fingerprint density at radius 3 is 2.82 bits per heavy atom. The topological polar surface area (TPSA) is 32.3 Å². The maximum absolute atomic E-state index is 11.9. The van der Waals surface area contributed by atoms with E-state index in [4.69, 9.17) is 11.6 Å². The smallest absolute Gasteiger partial charge is 0.238 e. The van der Waals surface area contributed by atoms with Crippen LogP contribution in [0.2, 0.25) is 5.02 Å². The average Bonchev–Trinajstić information content (AvgIpc) is 2.59. The SMILES string of the molecule is O=C1CNC(c2cccc(Cl)c2)N1C1CCC1. The first kappa shape index (κ1) is 11.1. The highest BCUT2D eigenvalue weighted by atomic mass is 35.5. The maximum Gasteiger partial charge on any atom is 0.238 e. The quantitative estimate of drug-likeness (QED) is 0.874. The molecule has 2 aliphatic rings. The molecule has 2 fully saturated rings. The van der Waals surface area contributed by atoms with Gasteiger partial charge in [0.2, 0.25) is 5.91 Å². The second-order valence-electron chi connectivity index (χ2n) is 4.72. The molecule has 1 unspecified atom stereocenters. The fourth-order valence-electron chi connectivity index (χ4n) is 2.55. The highest BCUT2D eigenvalue weighted by Gasteiger charge is 2.38. The van der Waals surface area contributed by atoms with Crippen LogP contribution < -0.4 is 5.32 Å². The molecule has 3 rings (SSSR count). The van der Waals surface area contributed by atoms with Gasteiger partial charge in [-0.2, -0.15) is 0 Å². The first-order valence-electron chi connectivity index (χ1n) is 6.06. The maximum atomic E-state index is 11.9. The van der Waals surface area contributed by atoms with Crippen molar-refractivity contribution >= 4 is 17.5 Å². The lowest BCUT2D eigenvalue weighted by Crippen LogP contribution is -2.43. The summed E-state index contributed by atoms with van der Waals surface area (Å²) in [6.07, 6.45) is 3.50. The van der Waals surface area contributed by atoms with Crippen molar-refractivity contribution in [1.82, 2.24) is 10.2 Å². The minimum absolute atomic E-state index is 0.00602. The van der Waals surface area contributed by atoms with Gasteiger partial charge in [0.05, 0.1) is 6.54 Å². The van der Waals surface area contributed by atoms with Crippen molar-refractivity contribution in [2.75, 3.05) is 6.54 Å². The number of amides is 1. The third kappa shape index (κ3) is 1.94. The van der Waals surface area contributed by atoms with Crippen molar-refractivity contribution in [3.63, 3.8) is 0 Å². The predicted molar refractivity (Wildman–Crippen MR) is 66.7 cm³/mol. The van der Waals surface area contributed by atoms with E-state index in [0.717, 1.165) is 23.4 Å². The first-order valence-corrected chi connectivity index (χ1v) is 6.43. The summed E-state index contributed by atoms with van der Waals surface area (Å²) in [4.78, 5) is 13.9. The standard InChI is InChI=1S/C13H15ClN2O/c14-10-4-1-3-9(7-10)13-15-8-12(17)16(13)11-5-2-6-11/h1,3-4,7,11,13,15H,2,5-6,8H2. The van der Waals surface area contributed by atoms with E-state index >= 15 is 0 Å². The molecule has 1 aromatic rings. The summed E-state index contributed by atoms with van der Waals surface area (Å²) in [5.74, 6) is 0.208. The Balaban J connectivity index is 1.88. The number of carbonyl (C=O) groups is 1. The molecule has 1 aliphatic carbocycles. The zero-order chi connectivity index (χ0) is 11.8. The molecule has 0 radical (unpaired) electrons. The van der Waals surface area contributed by atoms with Crippen molar-refractivity contribution in [3.05, 3.63) is 34.9 Å². The fraction of sp³-hybridized carbons (Fsp3) is 0.462. The second kappa shape index (κ2) is 4.31. The van der Waals surface area contributed by atoms with Gasteiger partial charge in [0.25, 0.3) is 0 Å². The summed E-state index contributed by atoms with van der Waals surface area (Å²) in [6.45, 7) is 0.438. The number of nitrogens with one attached hydrogen (secondary N) is 1. The number of benzene rings is 1. The lowest BCUT2D eigenvalue weighted by Gasteiger charge is -2.38. The average molecular weight is 251 g/mol. The Kier molecular flexibility index (Phi) is 2.81. The van der Waals surface area contributed by atoms with Crippen LogP contribution in [0.25, 0.3) is 0 Å². The Bertz CT molecular complexity index is 445. The zero-order valence-corrected chi connectivity index (χ0v) is 10.3. The Labute approximate surface area is 106 Å². The first-order chi connectivity index (χ1) is 8.25. The van der Waals surface area contributed by atoms with Gasteiger partial charge in [0, 0.05) is 11.1 Å². The van der Waals surface area contributed by atoms with Gasteiger partial charge < -0.3 is 4.90 Å². The fourth-order valence-corrected chi connectivity index (χ4v) is 2.75. The van der Waals surface area contributed by atoms with Gasteiger partial charge in [-0.1, -0.05) is 23.7 Å². The number of nitrogens with zero attached hydrogens (tertiary/aromatic N) is 1. The van der Waals surface area contributed by atoms with Crippen molar-refractivity contribution < 1.29 is 4.79 Å². The summed E-state index contributed by atoms with van der Waals surface area (Å²) in [7, 11) is 0. The van der Waals surface area contributed by atoms with Crippen LogP contribution in [0, 0.1) is 0 Å². The van der Waals surface area contributed by atoms with E-state index in [9.17, 15) is 4.79 Å². The molecule has 0 bridgehead atoms. The highest BCUT2D eigenvalue weighted by Crippen LogP contribution is 2.34. The molecule has 1 heterocycles. The monoisotopic (exact) mass is 250 g/mol. The summed E-state index contributed by atoms with van der Waals surface area (Å²) in [5, 5.41) is 3.99. The van der Waals surface area contributed by atoms with E-state index in [1.54, 1.807) is 0 Å². The van der Waals surface area contributed by atoms with Gasteiger partial charge in [0.15, 0.2) is 0 Å². The number of halogens is 1. The van der Waals surface area contributed by atoms with E-state index in [1.165, 1.54) is 6.42 Å². The van der Waals surface area contributed by atoms with Crippen LogP contribution in [0.4, 0.5) is 0 Å². The van der Waals surface area contributed by atoms with E-state index in [2.05, 4.69) is 5.32 Å². The summed E-state index contributed by atoms with van der Waals surface area (Å²) >= 11 is 6.00. The van der Waals surface area contributed by atoms with Gasteiger partial charge >= 0.3 is 0 Å². The molecule has 1 saturated carbocycles. The molecule has 1 N–H and O–H groups in total. The summed E-state index contributed by atoms with van der Waals surface area (Å²) in [5.41, 5.74) is 1.08. The van der Waals surface area contributed by atoms with Gasteiger partial charge in [-0.25, -0.2) is 0 Å². The second-order valence-corrected chi connectivity index (χ2v) is 5.16. The van der Waals surface area contributed by atoms with Crippen LogP contribution in [0.3, 0.4) is 0 Å². The van der Waals surface area contributed by atoms with Crippen LogP contribution in [-0.4, -0.2) is 23.4 Å². The molecule has 1 saturated heterocycles. The molecule has 0 aromatic heterocycles. The van der Waals surface area contributed by atoms with E-state index in [0.29, 0.717) is 12.6 Å². The molecule has 17 heavy (non-hydrogen) atoms. The molecule has 3 nitrogen and oxygen atoms in total. The molecule has 1 aliphatic heterocycles. The zero-order valence-electron chi connectivity index (χ0n) is 9.53. The molecule has 1 atom stereocenters. The Morgan fingerprint density at radius 1 is 1.35 bits per heavy atom. The van der Waals surface area contributed by atoms with Crippen LogP contribution in [0.5, 0.6) is 0 Å². The van der Waals surface area contributed by atoms with Gasteiger partial charge in [0.1, 0.15) is 6.17 Å². The van der Waals surface area contributed by atoms with Gasteiger partial charge in [-0.15, -0.1) is 0 Å². The molecular formula is C13H15ClN2O. The van der Waals surface area contributed by atoms with E-state index in [1.807, 2.05) is 29.2 Å². The number of hydrogen-bond acceptors (Lipinski definition) is 2. The van der Waals surface area contributed by atoms with Crippen LogP contribution in [-0.2, 0) is 4.79 Å². The van der Waals surface area contributed by atoms with Crippen molar-refractivity contribution in [2.45, 2.75) is 31.5 Å². The largest absolute Gasteiger partial charge is 0.319 e. The lowest BCUT2D eigenvalue weighted by molar-refractivity contribution is -0.132.